The van der Waals surface area contributed by atoms with E-state index in [4.69, 9.17) is 47.4 Å². The van der Waals surface area contributed by atoms with Crippen molar-refractivity contribution in [3.05, 3.63) is 11.6 Å². The van der Waals surface area contributed by atoms with E-state index in [0.29, 0.717) is 32.1 Å². The summed E-state index contributed by atoms with van der Waals surface area (Å²) in [6.07, 6.45) is -36.9. The van der Waals surface area contributed by atoms with Gasteiger partial charge in [0.2, 0.25) is 0 Å². The zero-order chi connectivity index (χ0) is 65.5. The highest BCUT2D eigenvalue weighted by Crippen LogP contribution is 2.75. The first-order valence-corrected chi connectivity index (χ1v) is 31.6. The molecule has 9 rings (SSSR count). The molecule has 0 amide bonds. The highest BCUT2D eigenvalue weighted by Gasteiger charge is 2.70. The molecule has 0 spiro atoms. The first kappa shape index (κ1) is 71.9. The van der Waals surface area contributed by atoms with Crippen molar-refractivity contribution in [2.24, 2.45) is 45.3 Å². The number of allylic oxidation sites excluding steroid dienone is 1. The van der Waals surface area contributed by atoms with E-state index in [0.717, 1.165) is 18.4 Å². The van der Waals surface area contributed by atoms with Gasteiger partial charge in [-0.2, -0.15) is 0 Å². The monoisotopic (exact) mass is 1290 g/mol. The molecule has 8 fully saturated rings. The summed E-state index contributed by atoms with van der Waals surface area (Å²) in [6, 6.07) is 0. The van der Waals surface area contributed by atoms with Crippen LogP contribution in [0.15, 0.2) is 11.6 Å². The summed E-state index contributed by atoms with van der Waals surface area (Å²) in [5.41, 5.74) is -2.36. The molecular weight excluding hydrogens is 1180 g/mol. The molecule has 5 saturated heterocycles. The standard InChI is InChI=1S/C60H102O29/c1-23(9-13-35(57(4,5)79)88-55-50(45(74)38(67)29(20-63)84-55)89-54-49(78)42(71)37(66)28(19-62)83-54)24-15-16-58(6)32-12-10-25-26(60(32,8)33(64)17-59(24,58)7)11-14-34(56(25,2)3)87-53-48(77)44(73)40(69)31(86-53)22-81-52-47(76)43(72)39(68)30(85-52)21-80-51-46(75)41(70)36(65)27(18-61)82-51/h10,23-24,26-55,61-79H,9,11-22H2,1-8H3/t23-,24?,26?,27+,28+,29-,30-,31-,32?,33-,34+,35-,36+,37+,38-,39-,40-,41-,42-,43+,44+,45+,46+,47-,48-,49+,50-,51?,52-,53+,54-,55+,58+,59-,60+/m1/s1. The Morgan fingerprint density at radius 1 is 0.517 bits per heavy atom. The van der Waals surface area contributed by atoms with Gasteiger partial charge in [-0.25, -0.2) is 0 Å². The predicted octanol–water partition coefficient (Wildman–Crippen LogP) is -5.41. The van der Waals surface area contributed by atoms with Crippen molar-refractivity contribution in [3.8, 4) is 0 Å². The van der Waals surface area contributed by atoms with Crippen LogP contribution in [0.5, 0.6) is 0 Å². The van der Waals surface area contributed by atoms with Gasteiger partial charge in [-0.15, -0.1) is 0 Å². The van der Waals surface area contributed by atoms with Crippen LogP contribution in [0.2, 0.25) is 0 Å². The van der Waals surface area contributed by atoms with Crippen molar-refractivity contribution in [2.45, 2.75) is 284 Å². The maximum atomic E-state index is 12.8. The van der Waals surface area contributed by atoms with E-state index in [1.807, 2.05) is 13.8 Å². The molecule has 0 aromatic heterocycles. The quantitative estimate of drug-likeness (QED) is 0.0506. The fourth-order valence-corrected chi connectivity index (χ4v) is 17.0. The molecule has 29 heteroatoms. The van der Waals surface area contributed by atoms with Crippen molar-refractivity contribution < 1.29 is 144 Å². The topological polar surface area (TPSA) is 477 Å². The minimum atomic E-state index is -1.87. The number of rotatable bonds is 20. The number of fused-ring (bicyclic) bond motifs is 5. The summed E-state index contributed by atoms with van der Waals surface area (Å²) in [4.78, 5) is 0. The Kier molecular flexibility index (Phi) is 22.3. The molecule has 516 valence electrons. The van der Waals surface area contributed by atoms with Crippen LogP contribution >= 0.6 is 0 Å². The lowest BCUT2D eigenvalue weighted by molar-refractivity contribution is -0.375. The number of ether oxygens (including phenoxy) is 10. The van der Waals surface area contributed by atoms with Crippen LogP contribution in [0.25, 0.3) is 0 Å². The van der Waals surface area contributed by atoms with Gasteiger partial charge in [-0.3, -0.25) is 0 Å². The first-order chi connectivity index (χ1) is 41.6. The summed E-state index contributed by atoms with van der Waals surface area (Å²) < 4.78 is 59.0. The van der Waals surface area contributed by atoms with Gasteiger partial charge >= 0.3 is 0 Å². The molecule has 5 aliphatic heterocycles. The highest BCUT2D eigenvalue weighted by molar-refractivity contribution is 5.32. The molecule has 4 aliphatic carbocycles. The molecule has 89 heavy (non-hydrogen) atoms. The first-order valence-electron chi connectivity index (χ1n) is 31.6. The molecule has 3 saturated carbocycles. The second-order valence-corrected chi connectivity index (χ2v) is 28.7. The number of hydrogen-bond acceptors (Lipinski definition) is 29. The van der Waals surface area contributed by atoms with Crippen molar-refractivity contribution in [1.29, 1.82) is 0 Å². The summed E-state index contributed by atoms with van der Waals surface area (Å²) in [7, 11) is 0. The Hall–Kier alpha value is -1.42. The lowest BCUT2D eigenvalue weighted by Gasteiger charge is -2.67. The Labute approximate surface area is 517 Å². The maximum Gasteiger partial charge on any atom is 0.187 e. The minimum Gasteiger partial charge on any atom is -0.394 e. The van der Waals surface area contributed by atoms with Crippen LogP contribution in [-0.2, 0) is 47.4 Å². The number of aliphatic hydroxyl groups is 19. The summed E-state index contributed by atoms with van der Waals surface area (Å²) in [5, 5.41) is 205. The van der Waals surface area contributed by atoms with E-state index in [-0.39, 0.29) is 40.9 Å². The van der Waals surface area contributed by atoms with Crippen LogP contribution in [0, 0.1) is 45.3 Å². The van der Waals surface area contributed by atoms with Crippen LogP contribution in [0.4, 0.5) is 0 Å². The third kappa shape index (κ3) is 13.1. The third-order valence-corrected chi connectivity index (χ3v) is 22.9. The predicted molar refractivity (Wildman–Crippen MR) is 300 cm³/mol. The number of hydrogen-bond donors (Lipinski definition) is 19. The van der Waals surface area contributed by atoms with Gasteiger partial charge in [0.1, 0.15) is 122 Å². The van der Waals surface area contributed by atoms with Gasteiger partial charge in [-0.05, 0) is 99.7 Å². The van der Waals surface area contributed by atoms with E-state index < -0.39 is 221 Å². The summed E-state index contributed by atoms with van der Waals surface area (Å²) in [6.45, 7) is 12.7. The minimum absolute atomic E-state index is 0.0182. The zero-order valence-electron chi connectivity index (χ0n) is 51.8. The molecule has 0 bridgehead atoms. The molecule has 0 aromatic rings. The van der Waals surface area contributed by atoms with Gasteiger partial charge in [0.15, 0.2) is 31.5 Å². The van der Waals surface area contributed by atoms with Gasteiger partial charge in [0, 0.05) is 10.8 Å². The number of aliphatic hydroxyl groups excluding tert-OH is 18. The van der Waals surface area contributed by atoms with Gasteiger partial charge < -0.3 is 144 Å². The molecule has 9 aliphatic rings. The molecule has 0 aromatic carbocycles. The van der Waals surface area contributed by atoms with E-state index in [1.165, 1.54) is 0 Å². The molecule has 29 nitrogen and oxygen atoms in total. The molecule has 19 N–H and O–H groups in total. The van der Waals surface area contributed by atoms with E-state index in [1.54, 1.807) is 13.8 Å². The Balaban J connectivity index is 0.839. The van der Waals surface area contributed by atoms with Crippen molar-refractivity contribution >= 4 is 0 Å². The van der Waals surface area contributed by atoms with Crippen LogP contribution < -0.4 is 0 Å². The van der Waals surface area contributed by atoms with Gasteiger partial charge in [-0.1, -0.05) is 53.2 Å². The molecule has 35 atom stereocenters. The van der Waals surface area contributed by atoms with Gasteiger partial charge in [0.25, 0.3) is 0 Å². The van der Waals surface area contributed by atoms with Crippen molar-refractivity contribution in [3.63, 3.8) is 0 Å². The zero-order valence-corrected chi connectivity index (χ0v) is 51.8. The molecule has 4 unspecified atom stereocenters. The van der Waals surface area contributed by atoms with E-state index in [2.05, 4.69) is 33.8 Å². The van der Waals surface area contributed by atoms with Gasteiger partial charge in [0.05, 0.1) is 56.9 Å². The fourth-order valence-electron chi connectivity index (χ4n) is 17.0. The summed E-state index contributed by atoms with van der Waals surface area (Å²) >= 11 is 0. The lowest BCUT2D eigenvalue weighted by Crippen LogP contribution is -2.65. The van der Waals surface area contributed by atoms with E-state index in [9.17, 15) is 97.0 Å². The Morgan fingerprint density at radius 3 is 1.46 bits per heavy atom. The largest absolute Gasteiger partial charge is 0.394 e. The average Bonchev–Trinajstić information content (AvgIpc) is 1.66. The molecule has 5 heterocycles. The second-order valence-electron chi connectivity index (χ2n) is 28.7. The maximum absolute atomic E-state index is 12.8. The van der Waals surface area contributed by atoms with Crippen LogP contribution in [0.3, 0.4) is 0 Å². The average molecular weight is 1290 g/mol. The van der Waals surface area contributed by atoms with Crippen LogP contribution in [-0.4, -0.2) is 308 Å². The van der Waals surface area contributed by atoms with Crippen molar-refractivity contribution in [1.82, 2.24) is 0 Å². The smallest absolute Gasteiger partial charge is 0.187 e. The summed E-state index contributed by atoms with van der Waals surface area (Å²) in [5.74, 6) is 0.0910. The fraction of sp³-hybridized carbons (Fsp3) is 0.967. The Morgan fingerprint density at radius 2 is 0.955 bits per heavy atom. The molecule has 0 radical (unpaired) electrons. The second kappa shape index (κ2) is 27.6. The highest BCUT2D eigenvalue weighted by atomic mass is 16.8. The lowest BCUT2D eigenvalue weighted by atomic mass is 9.38. The van der Waals surface area contributed by atoms with E-state index >= 15 is 0 Å². The molecular formula is C60H102O29. The SMILES string of the molecule is C[C@H](CC[C@@H](O[C@@H]1O[C@H](CO)[C@@H](O)[C@H](O)[C@H]1O[C@H]1O[C@@H](CO)[C@H](O)[C@@H](O)[C@@H]1O)C(C)(C)O)C1CC[C@@]2(C)C3CC=C4C(CC[C@H](O[C@@H]5O[C@H](CO[C@@H]6O[C@H](COC7O[C@@H](CO)[C@H](O)[C@@H](O)[C@@H]7O)[C@@H](O)[C@H](O)[C@H]6O)[C@@H](O)[C@H](O)[C@H]5O)C4(C)C)[C@]3(C)[C@H](O)C[C@]12C. The normalized spacial score (nSPS) is 51.8. The van der Waals surface area contributed by atoms with Crippen LogP contribution in [0.1, 0.15) is 107 Å². The van der Waals surface area contributed by atoms with Crippen molar-refractivity contribution in [2.75, 3.05) is 33.0 Å². The third-order valence-electron chi connectivity index (χ3n) is 22.9. The Bertz CT molecular complexity index is 2350.